The Balaban J connectivity index is 1.03. The maximum Gasteiger partial charge on any atom is 0.227 e. The van der Waals surface area contributed by atoms with Crippen molar-refractivity contribution in [2.75, 3.05) is 4.90 Å². The molecule has 0 aliphatic heterocycles. The summed E-state index contributed by atoms with van der Waals surface area (Å²) < 4.78 is 12.8. The van der Waals surface area contributed by atoms with Gasteiger partial charge in [0.1, 0.15) is 16.7 Å². The molecule has 0 saturated heterocycles. The largest absolute Gasteiger partial charge is 0.456 e. The molecule has 0 atom stereocenters. The molecule has 0 radical (unpaired) electrons. The zero-order valence-corrected chi connectivity index (χ0v) is 29.7. The van der Waals surface area contributed by atoms with Crippen molar-refractivity contribution in [2.45, 2.75) is 0 Å². The number of nitrogens with zero attached hydrogens (tertiary/aromatic N) is 2. The number of oxazole rings is 1. The topological polar surface area (TPSA) is 42.4 Å². The van der Waals surface area contributed by atoms with Crippen molar-refractivity contribution < 1.29 is 8.83 Å². The van der Waals surface area contributed by atoms with Gasteiger partial charge >= 0.3 is 0 Å². The van der Waals surface area contributed by atoms with Gasteiger partial charge in [0, 0.05) is 45.5 Å². The number of furan rings is 1. The Morgan fingerprint density at radius 1 is 0.345 bits per heavy atom. The molecule has 0 aliphatic rings. The van der Waals surface area contributed by atoms with Crippen molar-refractivity contribution in [3.63, 3.8) is 0 Å². The molecule has 0 aliphatic carbocycles. The van der Waals surface area contributed by atoms with E-state index >= 15 is 0 Å². The van der Waals surface area contributed by atoms with Crippen LogP contribution in [0.15, 0.2) is 203 Å². The zero-order chi connectivity index (χ0) is 36.3. The molecule has 2 heterocycles. The molecule has 11 rings (SSSR count). The van der Waals surface area contributed by atoms with Crippen LogP contribution in [-0.2, 0) is 0 Å². The van der Waals surface area contributed by atoms with Crippen molar-refractivity contribution in [1.82, 2.24) is 4.98 Å². The molecule has 11 aromatic rings. The van der Waals surface area contributed by atoms with Crippen molar-refractivity contribution in [1.29, 1.82) is 0 Å². The quantitative estimate of drug-likeness (QED) is 0.173. The summed E-state index contributed by atoms with van der Waals surface area (Å²) in [5, 5.41) is 6.96. The Kier molecular flexibility index (Phi) is 7.14. The highest BCUT2D eigenvalue weighted by molar-refractivity contribution is 6.10. The Morgan fingerprint density at radius 3 is 1.91 bits per heavy atom. The predicted octanol–water partition coefficient (Wildman–Crippen LogP) is 14.5. The van der Waals surface area contributed by atoms with Crippen LogP contribution in [0.5, 0.6) is 0 Å². The van der Waals surface area contributed by atoms with E-state index in [0.29, 0.717) is 11.5 Å². The van der Waals surface area contributed by atoms with Gasteiger partial charge in [-0.3, -0.25) is 0 Å². The molecule has 0 amide bonds. The van der Waals surface area contributed by atoms with Crippen LogP contribution >= 0.6 is 0 Å². The molecule has 0 N–H and O–H groups in total. The fourth-order valence-corrected chi connectivity index (χ4v) is 7.94. The third kappa shape index (κ3) is 5.43. The van der Waals surface area contributed by atoms with E-state index in [4.69, 9.17) is 13.8 Å². The average molecular weight is 705 g/mol. The van der Waals surface area contributed by atoms with Crippen LogP contribution < -0.4 is 4.90 Å². The number of anilines is 3. The van der Waals surface area contributed by atoms with E-state index in [-0.39, 0.29) is 0 Å². The summed E-state index contributed by atoms with van der Waals surface area (Å²) in [5.74, 6) is 0.600. The minimum absolute atomic E-state index is 0.600. The van der Waals surface area contributed by atoms with Crippen LogP contribution in [0.3, 0.4) is 0 Å². The second-order valence-electron chi connectivity index (χ2n) is 14.0. The fraction of sp³-hybridized carbons (Fsp3) is 0. The first-order chi connectivity index (χ1) is 27.2. The number of aromatic nitrogens is 1. The second-order valence-corrected chi connectivity index (χ2v) is 14.0. The van der Waals surface area contributed by atoms with E-state index in [1.165, 1.54) is 38.2 Å². The van der Waals surface area contributed by atoms with E-state index in [1.54, 1.807) is 0 Å². The van der Waals surface area contributed by atoms with Crippen LogP contribution in [0, 0.1) is 0 Å². The number of benzene rings is 9. The summed E-state index contributed by atoms with van der Waals surface area (Å²) in [6.45, 7) is 0. The number of hydrogen-bond acceptors (Lipinski definition) is 4. The molecule has 0 saturated carbocycles. The van der Waals surface area contributed by atoms with E-state index in [0.717, 1.165) is 55.6 Å². The van der Waals surface area contributed by atoms with Gasteiger partial charge in [-0.15, -0.1) is 0 Å². The molecule has 0 unspecified atom stereocenters. The first kappa shape index (κ1) is 31.1. The molecule has 2 aromatic heterocycles. The van der Waals surface area contributed by atoms with Gasteiger partial charge in [0.25, 0.3) is 0 Å². The smallest absolute Gasteiger partial charge is 0.227 e. The Morgan fingerprint density at radius 2 is 1.02 bits per heavy atom. The summed E-state index contributed by atoms with van der Waals surface area (Å²) in [6, 6.07) is 68.4. The fourth-order valence-electron chi connectivity index (χ4n) is 7.94. The van der Waals surface area contributed by atoms with E-state index in [1.807, 2.05) is 36.4 Å². The van der Waals surface area contributed by atoms with Gasteiger partial charge in [-0.2, -0.15) is 0 Å². The van der Waals surface area contributed by atoms with Crippen molar-refractivity contribution >= 4 is 71.6 Å². The summed E-state index contributed by atoms with van der Waals surface area (Å²) in [7, 11) is 0. The van der Waals surface area contributed by atoms with Gasteiger partial charge in [0.05, 0.1) is 0 Å². The average Bonchev–Trinajstić information content (AvgIpc) is 3.83. The monoisotopic (exact) mass is 704 g/mol. The molecular weight excluding hydrogens is 673 g/mol. The SMILES string of the molecule is c1ccc(-c2nc3cc4c(cc3o2)oc2cc(N(c3ccc(-c5cccc6ccccc56)cc3)c3cccc(-c5ccc6ccccc6c5)c3)ccc24)cc1. The van der Waals surface area contributed by atoms with Crippen molar-refractivity contribution in [2.24, 2.45) is 0 Å². The standard InChI is InChI=1S/C51H32N2O2/c1-2-12-36(13-3-1)51-52-47-31-46-45-27-26-42(30-48(45)54-49(46)32-50(47)55-51)53(40-24-22-35(23-25-40)44-19-9-15-34-11-6-7-18-43(34)44)41-17-8-16-38(29-41)39-21-20-33-10-4-5-14-37(33)28-39/h1-32H. The lowest BCUT2D eigenvalue weighted by molar-refractivity contribution is 0.617. The van der Waals surface area contributed by atoms with Gasteiger partial charge in [-0.05, 0) is 104 Å². The number of hydrogen-bond donors (Lipinski definition) is 0. The molecular formula is C51H32N2O2. The van der Waals surface area contributed by atoms with Gasteiger partial charge in [-0.1, -0.05) is 121 Å². The third-order valence-electron chi connectivity index (χ3n) is 10.7. The molecule has 258 valence electrons. The van der Waals surface area contributed by atoms with Crippen molar-refractivity contribution in [3.8, 4) is 33.7 Å². The van der Waals surface area contributed by atoms with Crippen LogP contribution in [0.4, 0.5) is 17.1 Å². The van der Waals surface area contributed by atoms with Crippen molar-refractivity contribution in [3.05, 3.63) is 194 Å². The molecule has 55 heavy (non-hydrogen) atoms. The summed E-state index contributed by atoms with van der Waals surface area (Å²) in [5.41, 5.74) is 11.8. The van der Waals surface area contributed by atoms with Gasteiger partial charge in [0.2, 0.25) is 5.89 Å². The minimum atomic E-state index is 0.600. The number of rotatable bonds is 6. The first-order valence-corrected chi connectivity index (χ1v) is 18.5. The van der Waals surface area contributed by atoms with Crippen LogP contribution in [-0.4, -0.2) is 4.98 Å². The molecule has 9 aromatic carbocycles. The lowest BCUT2D eigenvalue weighted by Gasteiger charge is -2.26. The Labute approximate surface area is 317 Å². The normalized spacial score (nSPS) is 11.6. The highest BCUT2D eigenvalue weighted by Crippen LogP contribution is 2.42. The van der Waals surface area contributed by atoms with Crippen LogP contribution in [0.25, 0.3) is 88.3 Å². The first-order valence-electron chi connectivity index (χ1n) is 18.5. The lowest BCUT2D eigenvalue weighted by Crippen LogP contribution is -2.10. The van der Waals surface area contributed by atoms with Gasteiger partial charge in [-0.25, -0.2) is 4.98 Å². The third-order valence-corrected chi connectivity index (χ3v) is 10.7. The highest BCUT2D eigenvalue weighted by atomic mass is 16.4. The minimum Gasteiger partial charge on any atom is -0.456 e. The second kappa shape index (κ2) is 12.6. The van der Waals surface area contributed by atoms with Gasteiger partial charge < -0.3 is 13.7 Å². The lowest BCUT2D eigenvalue weighted by atomic mass is 9.98. The van der Waals surface area contributed by atoms with Crippen LogP contribution in [0.2, 0.25) is 0 Å². The zero-order valence-electron chi connectivity index (χ0n) is 29.7. The Hall–Kier alpha value is -7.43. The summed E-state index contributed by atoms with van der Waals surface area (Å²) >= 11 is 0. The highest BCUT2D eigenvalue weighted by Gasteiger charge is 2.19. The molecule has 0 spiro atoms. The van der Waals surface area contributed by atoms with E-state index < -0.39 is 0 Å². The van der Waals surface area contributed by atoms with Gasteiger partial charge in [0.15, 0.2) is 5.58 Å². The maximum atomic E-state index is 6.58. The predicted molar refractivity (Wildman–Crippen MR) is 227 cm³/mol. The molecule has 0 fully saturated rings. The maximum absolute atomic E-state index is 6.58. The summed E-state index contributed by atoms with van der Waals surface area (Å²) in [4.78, 5) is 7.13. The molecule has 4 nitrogen and oxygen atoms in total. The molecule has 4 heteroatoms. The van der Waals surface area contributed by atoms with Crippen LogP contribution in [0.1, 0.15) is 0 Å². The Bertz CT molecular complexity index is 3210. The van der Waals surface area contributed by atoms with E-state index in [9.17, 15) is 0 Å². The number of fused-ring (bicyclic) bond motifs is 6. The van der Waals surface area contributed by atoms with E-state index in [2.05, 4.69) is 163 Å². The summed E-state index contributed by atoms with van der Waals surface area (Å²) in [6.07, 6.45) is 0. The molecule has 0 bridgehead atoms.